The van der Waals surface area contributed by atoms with Gasteiger partial charge in [0.25, 0.3) is 5.56 Å². The summed E-state index contributed by atoms with van der Waals surface area (Å²) in [6.07, 6.45) is 4.58. The van der Waals surface area contributed by atoms with E-state index in [-0.39, 0.29) is 17.3 Å². The molecule has 1 aliphatic heterocycles. The Hall–Kier alpha value is -2.87. The van der Waals surface area contributed by atoms with Gasteiger partial charge in [-0.1, -0.05) is 6.07 Å². The van der Waals surface area contributed by atoms with Crippen LogP contribution in [-0.4, -0.2) is 38.4 Å². The van der Waals surface area contributed by atoms with Crippen molar-refractivity contribution in [2.24, 2.45) is 13.0 Å². The first-order valence-electron chi connectivity index (χ1n) is 8.80. The normalized spacial score (nSPS) is 15.1. The number of rotatable bonds is 4. The van der Waals surface area contributed by atoms with Crippen molar-refractivity contribution in [2.75, 3.05) is 18.0 Å². The molecular weight excluding hydrogens is 362 g/mol. The van der Waals surface area contributed by atoms with E-state index < -0.39 is 0 Å². The lowest BCUT2D eigenvalue weighted by Gasteiger charge is -2.32. The Bertz CT molecular complexity index is 993. The van der Waals surface area contributed by atoms with Crippen molar-refractivity contribution in [3.63, 3.8) is 0 Å². The number of aromatic nitrogens is 4. The zero-order valence-electron chi connectivity index (χ0n) is 14.9. The van der Waals surface area contributed by atoms with Gasteiger partial charge in [0.2, 0.25) is 5.95 Å². The lowest BCUT2D eigenvalue weighted by molar-refractivity contribution is 0.0904. The van der Waals surface area contributed by atoms with Gasteiger partial charge in [0.1, 0.15) is 6.33 Å². The van der Waals surface area contributed by atoms with Crippen LogP contribution in [0.25, 0.3) is 11.4 Å². The summed E-state index contributed by atoms with van der Waals surface area (Å²) in [7, 11) is 1.72. The quantitative estimate of drug-likeness (QED) is 0.646. The maximum Gasteiger partial charge on any atom is 0.255 e. The fourth-order valence-electron chi connectivity index (χ4n) is 3.35. The van der Waals surface area contributed by atoms with E-state index in [0.29, 0.717) is 30.4 Å². The van der Waals surface area contributed by atoms with E-state index in [1.54, 1.807) is 23.9 Å². The highest BCUT2D eigenvalue weighted by Crippen LogP contribution is 2.26. The molecule has 0 bridgehead atoms. The maximum absolute atomic E-state index is 12.6. The summed E-state index contributed by atoms with van der Waals surface area (Å²) in [5.41, 5.74) is 1.02. The van der Waals surface area contributed by atoms with Crippen LogP contribution in [0.1, 0.15) is 22.5 Å². The molecule has 0 atom stereocenters. The summed E-state index contributed by atoms with van der Waals surface area (Å²) in [5.74, 6) is 0.862. The smallest absolute Gasteiger partial charge is 0.255 e. The molecule has 0 amide bonds. The van der Waals surface area contributed by atoms with Gasteiger partial charge in [-0.2, -0.15) is 0 Å². The van der Waals surface area contributed by atoms with Crippen molar-refractivity contribution < 1.29 is 4.79 Å². The van der Waals surface area contributed by atoms with Gasteiger partial charge in [0.15, 0.2) is 5.78 Å². The Morgan fingerprint density at radius 3 is 2.70 bits per heavy atom. The second kappa shape index (κ2) is 7.40. The molecule has 0 saturated carbocycles. The summed E-state index contributed by atoms with van der Waals surface area (Å²) in [6, 6.07) is 7.01. The molecule has 0 aliphatic carbocycles. The fourth-order valence-corrected chi connectivity index (χ4v) is 4.09. The topological polar surface area (TPSA) is 81.0 Å². The minimum Gasteiger partial charge on any atom is -0.342 e. The van der Waals surface area contributed by atoms with Crippen molar-refractivity contribution in [3.8, 4) is 11.4 Å². The number of ketones is 1. The lowest BCUT2D eigenvalue weighted by atomic mass is 9.92. The first-order valence-corrected chi connectivity index (χ1v) is 9.68. The second-order valence-electron chi connectivity index (χ2n) is 6.54. The summed E-state index contributed by atoms with van der Waals surface area (Å²) >= 11 is 1.49. The third kappa shape index (κ3) is 3.52. The number of carbonyl (C=O) groups is 1. The maximum atomic E-state index is 12.6. The van der Waals surface area contributed by atoms with Crippen LogP contribution in [0.4, 0.5) is 5.95 Å². The summed E-state index contributed by atoms with van der Waals surface area (Å²) in [4.78, 5) is 40.6. The Labute approximate surface area is 160 Å². The van der Waals surface area contributed by atoms with Gasteiger partial charge in [0, 0.05) is 38.3 Å². The highest BCUT2D eigenvalue weighted by molar-refractivity contribution is 7.12. The van der Waals surface area contributed by atoms with Crippen LogP contribution < -0.4 is 10.5 Å². The van der Waals surface area contributed by atoms with Crippen LogP contribution in [0.15, 0.2) is 47.0 Å². The van der Waals surface area contributed by atoms with Gasteiger partial charge in [-0.25, -0.2) is 15.0 Å². The van der Waals surface area contributed by atoms with E-state index >= 15 is 0 Å². The SMILES string of the molecule is Cn1c(N2CCC(C(=O)c3cccs3)CC2)nc(-c2ccncn2)cc1=O. The number of thiophene rings is 1. The zero-order valence-corrected chi connectivity index (χ0v) is 15.7. The molecule has 1 fully saturated rings. The van der Waals surface area contributed by atoms with Crippen LogP contribution in [0.5, 0.6) is 0 Å². The van der Waals surface area contributed by atoms with Crippen LogP contribution in [0.2, 0.25) is 0 Å². The molecule has 0 aromatic carbocycles. The molecule has 0 radical (unpaired) electrons. The molecule has 4 heterocycles. The molecule has 7 nitrogen and oxygen atoms in total. The largest absolute Gasteiger partial charge is 0.342 e. The highest BCUT2D eigenvalue weighted by Gasteiger charge is 2.28. The fraction of sp³-hybridized carbons (Fsp3) is 0.316. The van der Waals surface area contributed by atoms with Crippen molar-refractivity contribution >= 4 is 23.1 Å². The van der Waals surface area contributed by atoms with Crippen LogP contribution in [0, 0.1) is 5.92 Å². The number of hydrogen-bond acceptors (Lipinski definition) is 7. The minimum absolute atomic E-state index is 0.0296. The van der Waals surface area contributed by atoms with E-state index in [9.17, 15) is 9.59 Å². The molecule has 138 valence electrons. The van der Waals surface area contributed by atoms with Crippen LogP contribution in [0.3, 0.4) is 0 Å². The molecule has 0 N–H and O–H groups in total. The molecule has 0 unspecified atom stereocenters. The van der Waals surface area contributed by atoms with E-state index in [2.05, 4.69) is 19.9 Å². The molecule has 27 heavy (non-hydrogen) atoms. The number of carbonyl (C=O) groups excluding carboxylic acids is 1. The van der Waals surface area contributed by atoms with Crippen molar-refractivity contribution in [3.05, 3.63) is 57.4 Å². The molecule has 1 saturated heterocycles. The average Bonchev–Trinajstić information content (AvgIpc) is 3.25. The Kier molecular flexibility index (Phi) is 4.81. The van der Waals surface area contributed by atoms with Crippen molar-refractivity contribution in [1.82, 2.24) is 19.5 Å². The van der Waals surface area contributed by atoms with Crippen molar-refractivity contribution in [1.29, 1.82) is 0 Å². The molecule has 1 aliphatic rings. The Morgan fingerprint density at radius 2 is 2.04 bits per heavy atom. The molecule has 3 aromatic rings. The average molecular weight is 381 g/mol. The van der Waals surface area contributed by atoms with Crippen LogP contribution >= 0.6 is 11.3 Å². The first kappa shape index (κ1) is 17.5. The second-order valence-corrected chi connectivity index (χ2v) is 7.48. The Balaban J connectivity index is 1.55. The van der Waals surface area contributed by atoms with Gasteiger partial charge in [-0.3, -0.25) is 14.2 Å². The number of piperidine rings is 1. The molecule has 4 rings (SSSR count). The van der Waals surface area contributed by atoms with Crippen LogP contribution in [-0.2, 0) is 7.05 Å². The zero-order chi connectivity index (χ0) is 18.8. The van der Waals surface area contributed by atoms with Gasteiger partial charge in [-0.05, 0) is 30.4 Å². The molecule has 0 spiro atoms. The van der Waals surface area contributed by atoms with Crippen molar-refractivity contribution in [2.45, 2.75) is 12.8 Å². The first-order chi connectivity index (χ1) is 13.1. The van der Waals surface area contributed by atoms with Gasteiger partial charge in [0.05, 0.1) is 16.3 Å². The molecular formula is C19H19N5O2S. The number of hydrogen-bond donors (Lipinski definition) is 0. The van der Waals surface area contributed by atoms with Gasteiger partial charge < -0.3 is 4.90 Å². The van der Waals surface area contributed by atoms with E-state index in [4.69, 9.17) is 0 Å². The van der Waals surface area contributed by atoms with E-state index in [1.165, 1.54) is 23.7 Å². The lowest BCUT2D eigenvalue weighted by Crippen LogP contribution is -2.39. The molecule has 8 heteroatoms. The molecule has 3 aromatic heterocycles. The third-order valence-electron chi connectivity index (χ3n) is 4.87. The summed E-state index contributed by atoms with van der Waals surface area (Å²) in [5, 5.41) is 1.93. The van der Waals surface area contributed by atoms with Gasteiger partial charge >= 0.3 is 0 Å². The van der Waals surface area contributed by atoms with Gasteiger partial charge in [-0.15, -0.1) is 11.3 Å². The predicted octanol–water partition coefficient (Wildman–Crippen LogP) is 2.40. The number of anilines is 1. The summed E-state index contributed by atoms with van der Waals surface area (Å²) < 4.78 is 1.55. The number of Topliss-reactive ketones (excluding diaryl/α,β-unsaturated/α-hetero) is 1. The van der Waals surface area contributed by atoms with E-state index in [1.807, 2.05) is 17.5 Å². The highest BCUT2D eigenvalue weighted by atomic mass is 32.1. The standard InChI is InChI=1S/C19H19N5O2S/c1-23-17(25)11-15(14-4-7-20-12-21-14)22-19(23)24-8-5-13(6-9-24)18(26)16-3-2-10-27-16/h2-4,7,10-13H,5-6,8-9H2,1H3. The number of nitrogens with zero attached hydrogens (tertiary/aromatic N) is 5. The predicted molar refractivity (Wildman–Crippen MR) is 104 cm³/mol. The van der Waals surface area contributed by atoms with E-state index in [0.717, 1.165) is 17.7 Å². The summed E-state index contributed by atoms with van der Waals surface area (Å²) in [6.45, 7) is 1.38. The Morgan fingerprint density at radius 1 is 1.22 bits per heavy atom. The third-order valence-corrected chi connectivity index (χ3v) is 5.75. The minimum atomic E-state index is -0.134. The monoisotopic (exact) mass is 381 g/mol.